The van der Waals surface area contributed by atoms with E-state index in [2.05, 4.69) is 27.7 Å². The number of ether oxygens (including phenoxy) is 2. The molecule has 2 saturated carbocycles. The maximum Gasteiger partial charge on any atom is 0.490 e. The first-order chi connectivity index (χ1) is 20.9. The van der Waals surface area contributed by atoms with Gasteiger partial charge in [-0.1, -0.05) is 25.3 Å². The fourth-order valence-electron chi connectivity index (χ4n) is 6.99. The Morgan fingerprint density at radius 3 is 2.27 bits per heavy atom. The predicted molar refractivity (Wildman–Crippen MR) is 153 cm³/mol. The minimum Gasteiger partial charge on any atom is -0.493 e. The van der Waals surface area contributed by atoms with E-state index < -0.39 is 29.8 Å². The number of hydrogen-bond donors (Lipinski definition) is 3. The van der Waals surface area contributed by atoms with Crippen LogP contribution in [0.15, 0.2) is 36.4 Å². The molecule has 0 aromatic heterocycles. The van der Waals surface area contributed by atoms with Crippen molar-refractivity contribution in [1.82, 2.24) is 10.2 Å². The van der Waals surface area contributed by atoms with Crippen LogP contribution in [0.3, 0.4) is 0 Å². The Kier molecular flexibility index (Phi) is 10.6. The van der Waals surface area contributed by atoms with Gasteiger partial charge in [-0.15, -0.1) is 0 Å². The second-order valence-electron chi connectivity index (χ2n) is 11.5. The number of anilines is 1. The van der Waals surface area contributed by atoms with Crippen LogP contribution in [0.4, 0.5) is 32.4 Å². The molecule has 3 fully saturated rings. The third-order valence-electron chi connectivity index (χ3n) is 9.06. The third kappa shape index (κ3) is 7.54. The average Bonchev–Trinajstić information content (AvgIpc) is 3.39. The van der Waals surface area contributed by atoms with Crippen LogP contribution in [0.25, 0.3) is 0 Å². The zero-order valence-corrected chi connectivity index (χ0v) is 24.7. The summed E-state index contributed by atoms with van der Waals surface area (Å²) in [6, 6.07) is 9.63. The van der Waals surface area contributed by atoms with Gasteiger partial charge in [-0.25, -0.2) is 18.4 Å². The fraction of sp³-hybridized carbons (Fsp3) is 0.548. The van der Waals surface area contributed by atoms with Gasteiger partial charge in [0.2, 0.25) is 0 Å². The summed E-state index contributed by atoms with van der Waals surface area (Å²) in [5, 5.41) is 12.7. The number of rotatable bonds is 6. The first-order valence-electron chi connectivity index (χ1n) is 14.7. The van der Waals surface area contributed by atoms with Gasteiger partial charge in [0.25, 0.3) is 0 Å². The molecule has 13 heteroatoms. The Morgan fingerprint density at radius 1 is 0.955 bits per heavy atom. The van der Waals surface area contributed by atoms with E-state index in [1.165, 1.54) is 37.7 Å². The van der Waals surface area contributed by atoms with E-state index in [0.717, 1.165) is 61.9 Å². The zero-order valence-electron chi connectivity index (χ0n) is 24.7. The summed E-state index contributed by atoms with van der Waals surface area (Å²) in [4.78, 5) is 24.4. The molecule has 0 spiro atoms. The van der Waals surface area contributed by atoms with E-state index in [1.807, 2.05) is 6.07 Å². The van der Waals surface area contributed by atoms with Crippen LogP contribution in [-0.2, 0) is 10.2 Å². The first-order valence-corrected chi connectivity index (χ1v) is 14.7. The van der Waals surface area contributed by atoms with Crippen LogP contribution >= 0.6 is 0 Å². The number of carbonyl (C=O) groups excluding carboxylic acids is 1. The minimum atomic E-state index is -5.08. The molecular weight excluding hydrogens is 589 g/mol. The van der Waals surface area contributed by atoms with Crippen molar-refractivity contribution in [2.24, 2.45) is 0 Å². The normalized spacial score (nSPS) is 24.0. The first kappa shape index (κ1) is 33.3. The van der Waals surface area contributed by atoms with Crippen LogP contribution in [-0.4, -0.2) is 67.1 Å². The van der Waals surface area contributed by atoms with E-state index >= 15 is 0 Å². The molecule has 1 saturated heterocycles. The van der Waals surface area contributed by atoms with E-state index in [1.54, 1.807) is 14.2 Å². The zero-order chi connectivity index (χ0) is 32.1. The second-order valence-corrected chi connectivity index (χ2v) is 11.5. The maximum absolute atomic E-state index is 14.1. The molecular formula is C31H38F5N3O5. The van der Waals surface area contributed by atoms with Gasteiger partial charge in [0.1, 0.15) is 11.6 Å². The molecule has 5 rings (SSSR count). The number of methoxy groups -OCH3 is 2. The van der Waals surface area contributed by atoms with E-state index in [-0.39, 0.29) is 23.2 Å². The molecule has 3 unspecified atom stereocenters. The van der Waals surface area contributed by atoms with Crippen molar-refractivity contribution in [2.75, 3.05) is 26.1 Å². The highest BCUT2D eigenvalue weighted by molar-refractivity contribution is 5.89. The highest BCUT2D eigenvalue weighted by Gasteiger charge is 2.53. The SMILES string of the molecule is COc1ccc(C23CCC(NC(=O)Nc4cc(F)ccc4F)CC2N(C2CCCCC2)CC3)cc1OC.O=C(O)C(F)(F)F. The topological polar surface area (TPSA) is 100 Å². The van der Waals surface area contributed by atoms with Crippen LogP contribution in [0.2, 0.25) is 0 Å². The second kappa shape index (κ2) is 14.0. The van der Waals surface area contributed by atoms with Crippen molar-refractivity contribution in [3.8, 4) is 11.5 Å². The van der Waals surface area contributed by atoms with E-state index in [0.29, 0.717) is 6.04 Å². The Hall–Kier alpha value is -3.61. The summed E-state index contributed by atoms with van der Waals surface area (Å²) in [6.45, 7) is 1.04. The molecule has 3 aliphatic rings. The van der Waals surface area contributed by atoms with Gasteiger partial charge in [0.05, 0.1) is 19.9 Å². The number of carbonyl (C=O) groups is 2. The highest BCUT2D eigenvalue weighted by atomic mass is 19.4. The average molecular weight is 628 g/mol. The number of nitrogens with one attached hydrogen (secondary N) is 2. The Balaban J connectivity index is 0.000000566. The number of likely N-dealkylation sites (tertiary alicyclic amines) is 1. The maximum atomic E-state index is 14.1. The molecule has 2 aliphatic carbocycles. The summed E-state index contributed by atoms with van der Waals surface area (Å²) >= 11 is 0. The summed E-state index contributed by atoms with van der Waals surface area (Å²) in [5.41, 5.74) is 1.08. The number of nitrogens with zero attached hydrogens (tertiary/aromatic N) is 1. The van der Waals surface area contributed by atoms with Crippen molar-refractivity contribution >= 4 is 17.7 Å². The molecule has 0 bridgehead atoms. The molecule has 242 valence electrons. The number of carboxylic acid groups (broad SMARTS) is 1. The standard InChI is InChI=1S/C29H37F2N3O3.C2HF3O2/c1-36-25-11-8-19(16-26(25)37-2)29-13-12-21(32-28(35)33-24-17-20(30)9-10-23(24)31)18-27(29)34(15-14-29)22-6-4-3-5-7-22;3-2(4,5)1(6)7/h8-11,16-17,21-22,27H,3-7,12-15,18H2,1-2H3,(H2,32,33,35);(H,6,7). The molecule has 3 atom stereocenters. The fourth-order valence-corrected chi connectivity index (χ4v) is 6.99. The molecule has 44 heavy (non-hydrogen) atoms. The molecule has 2 aromatic carbocycles. The van der Waals surface area contributed by atoms with Gasteiger partial charge >= 0.3 is 18.2 Å². The number of carboxylic acids is 1. The van der Waals surface area contributed by atoms with Gasteiger partial charge < -0.3 is 25.2 Å². The van der Waals surface area contributed by atoms with Crippen LogP contribution in [0, 0.1) is 11.6 Å². The minimum absolute atomic E-state index is 0.0275. The van der Waals surface area contributed by atoms with E-state index in [9.17, 15) is 26.7 Å². The van der Waals surface area contributed by atoms with Gasteiger partial charge in [-0.05, 0) is 74.9 Å². The number of aliphatic carboxylic acids is 1. The summed E-state index contributed by atoms with van der Waals surface area (Å²) in [6.07, 6.45) is 4.79. The molecule has 3 N–H and O–H groups in total. The lowest BCUT2D eigenvalue weighted by Crippen LogP contribution is -2.55. The Bertz CT molecular complexity index is 1320. The third-order valence-corrected chi connectivity index (χ3v) is 9.06. The van der Waals surface area contributed by atoms with Crippen LogP contribution in [0.1, 0.15) is 63.4 Å². The Labute approximate surface area is 252 Å². The largest absolute Gasteiger partial charge is 0.493 e. The summed E-state index contributed by atoms with van der Waals surface area (Å²) < 4.78 is 70.5. The summed E-state index contributed by atoms with van der Waals surface area (Å²) in [7, 11) is 3.32. The van der Waals surface area contributed by atoms with Crippen molar-refractivity contribution in [3.05, 3.63) is 53.6 Å². The van der Waals surface area contributed by atoms with Gasteiger partial charge in [0, 0.05) is 29.6 Å². The molecule has 1 heterocycles. The lowest BCUT2D eigenvalue weighted by molar-refractivity contribution is -0.192. The van der Waals surface area contributed by atoms with Crippen molar-refractivity contribution in [3.63, 3.8) is 0 Å². The number of alkyl halides is 3. The monoisotopic (exact) mass is 627 g/mol. The number of halogens is 5. The summed E-state index contributed by atoms with van der Waals surface area (Å²) in [5.74, 6) is -2.55. The number of benzene rings is 2. The molecule has 2 aromatic rings. The molecule has 1 aliphatic heterocycles. The lowest BCUT2D eigenvalue weighted by Gasteiger charge is -2.47. The molecule has 8 nitrogen and oxygen atoms in total. The molecule has 2 amide bonds. The number of hydrogen-bond acceptors (Lipinski definition) is 5. The van der Waals surface area contributed by atoms with Gasteiger partial charge in [0.15, 0.2) is 11.5 Å². The van der Waals surface area contributed by atoms with Crippen LogP contribution < -0.4 is 20.1 Å². The van der Waals surface area contributed by atoms with Gasteiger partial charge in [-0.3, -0.25) is 4.90 Å². The van der Waals surface area contributed by atoms with Crippen molar-refractivity contribution in [2.45, 2.75) is 87.5 Å². The van der Waals surface area contributed by atoms with Crippen molar-refractivity contribution < 1.29 is 46.1 Å². The smallest absolute Gasteiger partial charge is 0.490 e. The lowest BCUT2D eigenvalue weighted by atomic mass is 9.64. The van der Waals surface area contributed by atoms with Gasteiger partial charge in [-0.2, -0.15) is 13.2 Å². The van der Waals surface area contributed by atoms with Crippen molar-refractivity contribution in [1.29, 1.82) is 0 Å². The molecule has 0 radical (unpaired) electrons. The van der Waals surface area contributed by atoms with Crippen LogP contribution in [0.5, 0.6) is 11.5 Å². The predicted octanol–water partition coefficient (Wildman–Crippen LogP) is 6.63. The van der Waals surface area contributed by atoms with E-state index in [4.69, 9.17) is 19.4 Å². The number of fused-ring (bicyclic) bond motifs is 1. The number of urea groups is 1. The Morgan fingerprint density at radius 2 is 1.64 bits per heavy atom. The quantitative estimate of drug-likeness (QED) is 0.311. The number of amides is 2. The highest BCUT2D eigenvalue weighted by Crippen LogP contribution is 2.51.